The Labute approximate surface area is 246 Å². The van der Waals surface area contributed by atoms with Gasteiger partial charge in [-0.2, -0.15) is 17.0 Å². The van der Waals surface area contributed by atoms with Gasteiger partial charge in [-0.15, -0.1) is 0 Å². The van der Waals surface area contributed by atoms with Crippen LogP contribution in [0.4, 0.5) is 5.82 Å². The van der Waals surface area contributed by atoms with Gasteiger partial charge in [-0.1, -0.05) is 36.4 Å². The molecule has 218 valence electrons. The number of nitrogens with zero attached hydrogens (tertiary/aromatic N) is 7. The highest BCUT2D eigenvalue weighted by molar-refractivity contribution is 7.86. The smallest absolute Gasteiger partial charge is 0.281 e. The lowest BCUT2D eigenvalue weighted by Crippen LogP contribution is -2.56. The number of hydrogen-bond acceptors (Lipinski definition) is 7. The summed E-state index contributed by atoms with van der Waals surface area (Å²) in [6, 6.07) is 10.9. The van der Waals surface area contributed by atoms with Crippen molar-refractivity contribution in [2.75, 3.05) is 46.0 Å². The highest BCUT2D eigenvalue weighted by Crippen LogP contribution is 2.42. The lowest BCUT2D eigenvalue weighted by Gasteiger charge is -2.46. The van der Waals surface area contributed by atoms with Crippen LogP contribution in [0, 0.1) is 0 Å². The molecule has 0 unspecified atom stereocenters. The third kappa shape index (κ3) is 4.70. The largest absolute Gasteiger partial charge is 0.382 e. The van der Waals surface area contributed by atoms with Gasteiger partial charge in [0.25, 0.3) is 10.2 Å². The van der Waals surface area contributed by atoms with Crippen LogP contribution in [0.15, 0.2) is 61.0 Å². The van der Waals surface area contributed by atoms with Crippen molar-refractivity contribution in [2.24, 2.45) is 0 Å². The number of benzene rings is 1. The molecule has 2 fully saturated rings. The zero-order valence-electron chi connectivity index (χ0n) is 24.0. The van der Waals surface area contributed by atoms with Crippen molar-refractivity contribution in [3.8, 4) is 11.3 Å². The number of nitrogen functional groups attached to an aromatic ring is 1. The highest BCUT2D eigenvalue weighted by atomic mass is 32.2. The summed E-state index contributed by atoms with van der Waals surface area (Å²) in [4.78, 5) is 17.0. The molecular weight excluding hydrogens is 548 g/mol. The highest BCUT2D eigenvalue weighted by Gasteiger charge is 2.40. The molecule has 7 rings (SSSR count). The molecule has 0 spiro atoms. The van der Waals surface area contributed by atoms with Crippen molar-refractivity contribution in [1.82, 2.24) is 32.9 Å². The number of pyridine rings is 1. The molecule has 1 saturated heterocycles. The van der Waals surface area contributed by atoms with Crippen molar-refractivity contribution in [3.63, 3.8) is 0 Å². The molecule has 2 N–H and O–H groups in total. The normalized spacial score (nSPS) is 22.1. The Bertz CT molecular complexity index is 1830. The van der Waals surface area contributed by atoms with Crippen LogP contribution in [-0.2, 0) is 10.2 Å². The lowest BCUT2D eigenvalue weighted by atomic mass is 9.78. The molecule has 0 atom stereocenters. The molecule has 1 aliphatic heterocycles. The van der Waals surface area contributed by atoms with Gasteiger partial charge in [-0.3, -0.25) is 9.30 Å². The lowest BCUT2D eigenvalue weighted by molar-refractivity contribution is 0.0718. The molecule has 3 aromatic heterocycles. The van der Waals surface area contributed by atoms with Gasteiger partial charge in [0.15, 0.2) is 0 Å². The van der Waals surface area contributed by atoms with E-state index >= 15 is 0 Å². The Morgan fingerprint density at radius 3 is 2.52 bits per heavy atom. The van der Waals surface area contributed by atoms with Crippen LogP contribution in [0.2, 0.25) is 0 Å². The van der Waals surface area contributed by atoms with E-state index in [4.69, 9.17) is 15.7 Å². The van der Waals surface area contributed by atoms with E-state index < -0.39 is 10.2 Å². The van der Waals surface area contributed by atoms with Crippen LogP contribution in [0.1, 0.15) is 43.1 Å². The number of fused-ring (bicyclic) bond motifs is 2. The maximum Gasteiger partial charge on any atom is 0.281 e. The van der Waals surface area contributed by atoms with Crippen LogP contribution in [0.3, 0.4) is 0 Å². The Morgan fingerprint density at radius 1 is 1.00 bits per heavy atom. The summed E-state index contributed by atoms with van der Waals surface area (Å²) >= 11 is 0. The van der Waals surface area contributed by atoms with E-state index in [1.807, 2.05) is 6.20 Å². The Hall–Kier alpha value is -3.64. The first-order valence-corrected chi connectivity index (χ1v) is 16.0. The number of anilines is 1. The van der Waals surface area contributed by atoms with Gasteiger partial charge in [-0.25, -0.2) is 15.0 Å². The summed E-state index contributed by atoms with van der Waals surface area (Å²) in [5.74, 6) is 1.75. The molecular formula is C31H36N8O2S. The zero-order chi connectivity index (χ0) is 29.0. The summed E-state index contributed by atoms with van der Waals surface area (Å²) in [5.41, 5.74) is 12.1. The Kier molecular flexibility index (Phi) is 6.85. The number of allylic oxidation sites excluding steroid dienone is 4. The summed E-state index contributed by atoms with van der Waals surface area (Å²) in [5, 5.41) is 1.08. The molecule has 4 aromatic rings. The second-order valence-corrected chi connectivity index (χ2v) is 13.8. The third-order valence-electron chi connectivity index (χ3n) is 8.92. The van der Waals surface area contributed by atoms with E-state index in [-0.39, 0.29) is 5.92 Å². The van der Waals surface area contributed by atoms with Gasteiger partial charge in [0.1, 0.15) is 22.9 Å². The molecule has 2 aliphatic carbocycles. The average molecular weight is 585 g/mol. The van der Waals surface area contributed by atoms with Crippen molar-refractivity contribution in [3.05, 3.63) is 72.5 Å². The number of rotatable bonds is 6. The monoisotopic (exact) mass is 584 g/mol. The van der Waals surface area contributed by atoms with Crippen LogP contribution in [0.25, 0.3) is 33.3 Å². The summed E-state index contributed by atoms with van der Waals surface area (Å²) in [6.45, 7) is 2.53. The molecule has 0 radical (unpaired) electrons. The fraction of sp³-hybridized carbons (Fsp3) is 0.387. The number of imidazole rings is 1. The minimum atomic E-state index is -3.37. The van der Waals surface area contributed by atoms with Gasteiger partial charge in [0.2, 0.25) is 0 Å². The summed E-state index contributed by atoms with van der Waals surface area (Å²) in [6.07, 6.45) is 14.4. The third-order valence-corrected chi connectivity index (χ3v) is 10.9. The zero-order valence-corrected chi connectivity index (χ0v) is 24.8. The van der Waals surface area contributed by atoms with Crippen LogP contribution >= 0.6 is 0 Å². The summed E-state index contributed by atoms with van der Waals surface area (Å²) < 4.78 is 30.0. The van der Waals surface area contributed by atoms with E-state index in [1.54, 1.807) is 24.6 Å². The predicted octanol–water partition coefficient (Wildman–Crippen LogP) is 3.93. The van der Waals surface area contributed by atoms with E-state index in [0.29, 0.717) is 24.9 Å². The first-order chi connectivity index (χ1) is 20.3. The van der Waals surface area contributed by atoms with Gasteiger partial charge >= 0.3 is 0 Å². The Balaban J connectivity index is 1.14. The fourth-order valence-electron chi connectivity index (χ4n) is 6.43. The number of aromatic nitrogens is 4. The standard InChI is InChI=1S/C31H36N8O2S/c1-36(2)42(40,41)38-16-14-37(15-17-38)25-18-24(19-25)31-35-28(29-30(32)33-12-13-39(29)31)23-9-8-22-10-11-26(34-27(22)20-23)21-6-4-3-5-7-21/h4,6-13,20,24-25H,3,5,14-19H2,1-2H3,(H2,32,33). The van der Waals surface area contributed by atoms with Crippen molar-refractivity contribution in [2.45, 2.75) is 37.6 Å². The fourth-order valence-corrected chi connectivity index (χ4v) is 7.52. The quantitative estimate of drug-likeness (QED) is 0.365. The van der Waals surface area contributed by atoms with E-state index in [1.165, 1.54) is 4.31 Å². The predicted molar refractivity (Wildman–Crippen MR) is 166 cm³/mol. The van der Waals surface area contributed by atoms with Crippen LogP contribution in [-0.4, -0.2) is 87.6 Å². The molecule has 4 heterocycles. The topological polar surface area (TPSA) is 113 Å². The Morgan fingerprint density at radius 2 is 1.79 bits per heavy atom. The second-order valence-electron chi connectivity index (χ2n) is 11.6. The van der Waals surface area contributed by atoms with Crippen molar-refractivity contribution in [1.29, 1.82) is 0 Å². The van der Waals surface area contributed by atoms with E-state index in [9.17, 15) is 8.42 Å². The maximum atomic E-state index is 12.5. The second kappa shape index (κ2) is 10.6. The number of nitrogens with two attached hydrogens (primary N) is 1. The number of hydrogen-bond donors (Lipinski definition) is 1. The van der Waals surface area contributed by atoms with Crippen LogP contribution in [0.5, 0.6) is 0 Å². The molecule has 1 saturated carbocycles. The van der Waals surface area contributed by atoms with Crippen molar-refractivity contribution >= 4 is 38.0 Å². The minimum absolute atomic E-state index is 0.289. The maximum absolute atomic E-state index is 12.5. The molecule has 1 aromatic carbocycles. The van der Waals surface area contributed by atoms with Gasteiger partial charge in [0.05, 0.1) is 11.2 Å². The summed E-state index contributed by atoms with van der Waals surface area (Å²) in [7, 11) is -0.196. The van der Waals surface area contributed by atoms with Crippen molar-refractivity contribution < 1.29 is 8.42 Å². The average Bonchev–Trinajstić information content (AvgIpc) is 3.37. The molecule has 42 heavy (non-hydrogen) atoms. The SMILES string of the molecule is CN(C)S(=O)(=O)N1CCN(C2CC(c3nc(-c4ccc5ccc(C6=CCCC=C6)nc5c4)c4c(N)nccn34)C2)CC1. The number of piperazine rings is 1. The van der Waals surface area contributed by atoms with E-state index in [2.05, 4.69) is 62.8 Å². The van der Waals surface area contributed by atoms with Gasteiger partial charge in [-0.05, 0) is 43.4 Å². The molecule has 11 heteroatoms. The minimum Gasteiger partial charge on any atom is -0.382 e. The molecule has 0 amide bonds. The molecule has 10 nitrogen and oxygen atoms in total. The van der Waals surface area contributed by atoms with Crippen LogP contribution < -0.4 is 5.73 Å². The van der Waals surface area contributed by atoms with E-state index in [0.717, 1.165) is 83.5 Å². The molecule has 0 bridgehead atoms. The van der Waals surface area contributed by atoms with Gasteiger partial charge in [0, 0.05) is 75.6 Å². The van der Waals surface area contributed by atoms with Gasteiger partial charge < -0.3 is 5.73 Å². The first kappa shape index (κ1) is 27.2. The molecule has 3 aliphatic rings. The first-order valence-electron chi connectivity index (χ1n) is 14.6.